The fourth-order valence-corrected chi connectivity index (χ4v) is 7.29. The maximum Gasteiger partial charge on any atom is 0.326 e. The van der Waals surface area contributed by atoms with E-state index >= 15 is 0 Å². The van der Waals surface area contributed by atoms with Gasteiger partial charge in [-0.05, 0) is 72.8 Å². The van der Waals surface area contributed by atoms with E-state index in [9.17, 15) is 4.79 Å². The maximum atomic E-state index is 13.4. The minimum absolute atomic E-state index is 0.215. The van der Waals surface area contributed by atoms with Crippen LogP contribution in [0.4, 0.5) is 27.5 Å². The maximum absolute atomic E-state index is 13.4. The van der Waals surface area contributed by atoms with Crippen molar-refractivity contribution in [1.29, 1.82) is 0 Å². The molecule has 0 bridgehead atoms. The van der Waals surface area contributed by atoms with Crippen molar-refractivity contribution < 1.29 is 28.5 Å². The molecule has 288 valence electrons. The summed E-state index contributed by atoms with van der Waals surface area (Å²) in [6.45, 7) is 4.48. The van der Waals surface area contributed by atoms with Gasteiger partial charge < -0.3 is 38.8 Å². The number of halogens is 2. The number of methoxy groups -OCH3 is 2. The highest BCUT2D eigenvalue weighted by Gasteiger charge is 2.45. The number of para-hydroxylation sites is 1. The first-order valence-electron chi connectivity index (χ1n) is 18.0. The summed E-state index contributed by atoms with van der Waals surface area (Å²) >= 11 is 12.8. The largest absolute Gasteiger partial charge is 0.491 e. The molecule has 1 aromatic heterocycles. The lowest BCUT2D eigenvalue weighted by atomic mass is 10.1. The Morgan fingerprint density at radius 2 is 1.56 bits per heavy atom. The number of piperazine rings is 1. The highest BCUT2D eigenvalue weighted by atomic mass is 35.5. The van der Waals surface area contributed by atoms with E-state index in [0.29, 0.717) is 22.2 Å². The molecule has 15 heteroatoms. The fraction of sp³-hybridized carbons (Fsp3) is 0.325. The summed E-state index contributed by atoms with van der Waals surface area (Å²) < 4.78 is 31.1. The van der Waals surface area contributed by atoms with Crippen molar-refractivity contribution in [2.24, 2.45) is 0 Å². The summed E-state index contributed by atoms with van der Waals surface area (Å²) in [6, 6.07) is 30.7. The Morgan fingerprint density at radius 1 is 0.909 bits per heavy atom. The molecule has 0 spiro atoms. The van der Waals surface area contributed by atoms with Crippen LogP contribution in [0.2, 0.25) is 10.0 Å². The molecule has 2 aliphatic rings. The van der Waals surface area contributed by atoms with Crippen molar-refractivity contribution in [3.05, 3.63) is 125 Å². The molecule has 0 radical (unpaired) electrons. The Kier molecular flexibility index (Phi) is 12.4. The monoisotopic (exact) mass is 787 g/mol. The minimum atomic E-state index is -1.17. The van der Waals surface area contributed by atoms with Gasteiger partial charge in [0.25, 0.3) is 0 Å². The van der Waals surface area contributed by atoms with Gasteiger partial charge in [0.15, 0.2) is 6.29 Å². The zero-order valence-electron chi connectivity index (χ0n) is 30.6. The highest BCUT2D eigenvalue weighted by Crippen LogP contribution is 2.40. The van der Waals surface area contributed by atoms with Gasteiger partial charge in [-0.15, -0.1) is 0 Å². The summed E-state index contributed by atoms with van der Waals surface area (Å²) in [6.07, 6.45) is 2.18. The highest BCUT2D eigenvalue weighted by molar-refractivity contribution is 6.35. The number of carbonyl (C=O) groups is 1. The van der Waals surface area contributed by atoms with Crippen molar-refractivity contribution in [2.75, 3.05) is 74.9 Å². The smallest absolute Gasteiger partial charge is 0.326 e. The van der Waals surface area contributed by atoms with Gasteiger partial charge in [-0.3, -0.25) is 4.90 Å². The number of ether oxygens (including phenoxy) is 5. The van der Waals surface area contributed by atoms with E-state index in [0.717, 1.165) is 54.7 Å². The van der Waals surface area contributed by atoms with E-state index in [2.05, 4.69) is 49.5 Å². The number of carbonyl (C=O) groups excluding carboxylic acids is 1. The summed E-state index contributed by atoms with van der Waals surface area (Å²) in [5.41, 5.74) is 4.39. The predicted octanol–water partition coefficient (Wildman–Crippen LogP) is 6.73. The lowest BCUT2D eigenvalue weighted by molar-refractivity contribution is -0.190. The molecule has 2 fully saturated rings. The minimum Gasteiger partial charge on any atom is -0.491 e. The number of hydrogen-bond acceptors (Lipinski definition) is 10. The zero-order chi connectivity index (χ0) is 38.2. The molecular formula is C40H43Cl2N7O6. The fourth-order valence-electron chi connectivity index (χ4n) is 6.73. The number of benzene rings is 4. The predicted molar refractivity (Wildman–Crippen MR) is 212 cm³/mol. The molecule has 55 heavy (non-hydrogen) atoms. The van der Waals surface area contributed by atoms with Crippen molar-refractivity contribution in [2.45, 2.75) is 24.7 Å². The third kappa shape index (κ3) is 9.16. The molecule has 2 amide bonds. The molecule has 13 nitrogen and oxygen atoms in total. The van der Waals surface area contributed by atoms with E-state index < -0.39 is 12.1 Å². The van der Waals surface area contributed by atoms with Crippen LogP contribution in [0.3, 0.4) is 0 Å². The Labute approximate surface area is 330 Å². The number of rotatable bonds is 14. The van der Waals surface area contributed by atoms with Crippen LogP contribution >= 0.6 is 23.2 Å². The second kappa shape index (κ2) is 17.7. The normalized spacial score (nSPS) is 18.5. The molecule has 5 aromatic rings. The van der Waals surface area contributed by atoms with Crippen LogP contribution in [0, 0.1) is 0 Å². The Morgan fingerprint density at radius 3 is 2.18 bits per heavy atom. The number of amides is 2. The first-order chi connectivity index (χ1) is 26.8. The SMILES string of the molecule is COC(CNC(=O)N(c1ccccc1)c1ccc(N2CCN(c3ccc(OCC4COC(Cn5cncn5)(c5ccc(Cl)cc5Cl)O4)cc3)CC2)cc1)OC. The first-order valence-corrected chi connectivity index (χ1v) is 18.7. The molecule has 2 aliphatic heterocycles. The number of hydrogen-bond donors (Lipinski definition) is 1. The van der Waals surface area contributed by atoms with Crippen LogP contribution in [0.5, 0.6) is 5.75 Å². The Hall–Kier alpha value is -4.89. The molecule has 2 atom stereocenters. The standard InChI is InChI=1S/C40H43Cl2N7O6/c1-51-38(52-2)23-44-39(50)49(32-6-4-3-5-7-32)33-11-9-30(10-12-33)46-18-20-47(21-19-46)31-13-15-34(16-14-31)53-24-35-25-54-40(55-35,26-48-28-43-27-45-48)36-17-8-29(41)22-37(36)42/h3-17,22,27-28,35,38H,18-21,23-26H2,1-2H3,(H,44,50). The number of nitrogens with zero attached hydrogens (tertiary/aromatic N) is 6. The topological polar surface area (TPSA) is 116 Å². The van der Waals surface area contributed by atoms with Gasteiger partial charge in [0.05, 0.1) is 29.5 Å². The van der Waals surface area contributed by atoms with E-state index in [1.54, 1.807) is 28.0 Å². The van der Waals surface area contributed by atoms with Crippen molar-refractivity contribution >= 4 is 52.0 Å². The summed E-state index contributed by atoms with van der Waals surface area (Å²) in [5.74, 6) is -0.435. The van der Waals surface area contributed by atoms with Gasteiger partial charge in [0, 0.05) is 62.4 Å². The van der Waals surface area contributed by atoms with Gasteiger partial charge in [-0.25, -0.2) is 14.5 Å². The molecule has 1 N–H and O–H groups in total. The van der Waals surface area contributed by atoms with E-state index in [1.165, 1.54) is 20.5 Å². The molecular weight excluding hydrogens is 745 g/mol. The Balaban J connectivity index is 0.925. The molecule has 0 aliphatic carbocycles. The van der Waals surface area contributed by atoms with Crippen molar-refractivity contribution in [3.63, 3.8) is 0 Å². The second-order valence-corrected chi connectivity index (χ2v) is 13.9. The van der Waals surface area contributed by atoms with Crippen LogP contribution in [0.15, 0.2) is 110 Å². The van der Waals surface area contributed by atoms with E-state index in [4.69, 9.17) is 46.9 Å². The summed E-state index contributed by atoms with van der Waals surface area (Å²) in [4.78, 5) is 23.8. The zero-order valence-corrected chi connectivity index (χ0v) is 32.1. The molecule has 7 rings (SSSR count). The number of anilines is 4. The molecule has 4 aromatic carbocycles. The molecule has 2 saturated heterocycles. The van der Waals surface area contributed by atoms with Crippen LogP contribution in [-0.4, -0.2) is 93.3 Å². The number of urea groups is 1. The van der Waals surface area contributed by atoms with E-state index in [1.807, 2.05) is 60.7 Å². The van der Waals surface area contributed by atoms with Crippen molar-refractivity contribution in [1.82, 2.24) is 20.1 Å². The van der Waals surface area contributed by atoms with Crippen LogP contribution in [0.25, 0.3) is 0 Å². The van der Waals surface area contributed by atoms with Gasteiger partial charge in [-0.1, -0.05) is 47.5 Å². The van der Waals surface area contributed by atoms with Gasteiger partial charge in [-0.2, -0.15) is 5.10 Å². The van der Waals surface area contributed by atoms with Gasteiger partial charge in [0.1, 0.15) is 37.7 Å². The van der Waals surface area contributed by atoms with Crippen LogP contribution in [-0.2, 0) is 31.3 Å². The van der Waals surface area contributed by atoms with Crippen LogP contribution < -0.4 is 24.8 Å². The molecule has 0 saturated carbocycles. The molecule has 3 heterocycles. The third-order valence-corrected chi connectivity index (χ3v) is 10.1. The lowest BCUT2D eigenvalue weighted by Crippen LogP contribution is -2.46. The summed E-state index contributed by atoms with van der Waals surface area (Å²) in [7, 11) is 3.08. The second-order valence-electron chi connectivity index (χ2n) is 13.1. The first kappa shape index (κ1) is 38.4. The average molecular weight is 789 g/mol. The van der Waals surface area contributed by atoms with Crippen molar-refractivity contribution in [3.8, 4) is 5.75 Å². The average Bonchev–Trinajstić information content (AvgIpc) is 3.89. The molecule has 2 unspecified atom stereocenters. The number of aromatic nitrogens is 3. The number of nitrogens with one attached hydrogen (secondary N) is 1. The Bertz CT molecular complexity index is 1980. The van der Waals surface area contributed by atoms with E-state index in [-0.39, 0.29) is 31.8 Å². The third-order valence-electron chi connectivity index (χ3n) is 9.59. The quantitative estimate of drug-likeness (QED) is 0.122. The van der Waals surface area contributed by atoms with Gasteiger partial charge >= 0.3 is 6.03 Å². The van der Waals surface area contributed by atoms with Crippen LogP contribution in [0.1, 0.15) is 5.56 Å². The lowest BCUT2D eigenvalue weighted by Gasteiger charge is -2.37. The van der Waals surface area contributed by atoms with Gasteiger partial charge in [0.2, 0.25) is 5.79 Å². The summed E-state index contributed by atoms with van der Waals surface area (Å²) in [5, 5.41) is 8.11.